The van der Waals surface area contributed by atoms with E-state index in [1.54, 1.807) is 6.33 Å². The fourth-order valence-corrected chi connectivity index (χ4v) is 1.26. The average molecular weight is 176 g/mol. The molecular formula is C9H12N4. The number of hydrogen-bond acceptors (Lipinski definition) is 2. The van der Waals surface area contributed by atoms with Crippen LogP contribution in [0.2, 0.25) is 0 Å². The van der Waals surface area contributed by atoms with Crippen molar-refractivity contribution in [3.63, 3.8) is 0 Å². The minimum absolute atomic E-state index is 0.915. The van der Waals surface area contributed by atoms with Gasteiger partial charge in [0.15, 0.2) is 5.82 Å². The monoisotopic (exact) mass is 176 g/mol. The lowest BCUT2D eigenvalue weighted by molar-refractivity contribution is 0.879. The molecule has 0 saturated heterocycles. The molecule has 0 fully saturated rings. The Bertz CT molecular complexity index is 425. The Morgan fingerprint density at radius 2 is 2.00 bits per heavy atom. The molecule has 13 heavy (non-hydrogen) atoms. The van der Waals surface area contributed by atoms with Gasteiger partial charge in [0.25, 0.3) is 0 Å². The van der Waals surface area contributed by atoms with Crippen LogP contribution in [0.4, 0.5) is 0 Å². The zero-order valence-electron chi connectivity index (χ0n) is 8.02. The van der Waals surface area contributed by atoms with Crippen molar-refractivity contribution < 1.29 is 0 Å². The molecule has 0 aromatic carbocycles. The Morgan fingerprint density at radius 1 is 1.23 bits per heavy atom. The van der Waals surface area contributed by atoms with Crippen LogP contribution in [0.3, 0.4) is 0 Å². The molecule has 0 N–H and O–H groups in total. The maximum Gasteiger partial charge on any atom is 0.160 e. The summed E-state index contributed by atoms with van der Waals surface area (Å²) in [5.41, 5.74) is 2.05. The van der Waals surface area contributed by atoms with E-state index in [2.05, 4.69) is 9.97 Å². The molecule has 4 heteroatoms. The van der Waals surface area contributed by atoms with Crippen molar-refractivity contribution in [2.45, 2.75) is 6.92 Å². The van der Waals surface area contributed by atoms with Gasteiger partial charge in [0.2, 0.25) is 0 Å². The van der Waals surface area contributed by atoms with Gasteiger partial charge in [0.1, 0.15) is 5.69 Å². The largest absolute Gasteiger partial charge is 0.340 e. The summed E-state index contributed by atoms with van der Waals surface area (Å²) in [4.78, 5) is 8.53. The first-order chi connectivity index (χ1) is 6.18. The van der Waals surface area contributed by atoms with E-state index in [0.29, 0.717) is 0 Å². The van der Waals surface area contributed by atoms with Gasteiger partial charge in [-0.2, -0.15) is 0 Å². The molecule has 2 heterocycles. The highest BCUT2D eigenvalue weighted by atomic mass is 15.1. The van der Waals surface area contributed by atoms with E-state index in [0.717, 1.165) is 17.2 Å². The second-order valence-corrected chi connectivity index (χ2v) is 3.21. The van der Waals surface area contributed by atoms with E-state index < -0.39 is 0 Å². The normalized spacial score (nSPS) is 10.7. The van der Waals surface area contributed by atoms with Crippen molar-refractivity contribution >= 4 is 0 Å². The van der Waals surface area contributed by atoms with Gasteiger partial charge in [-0.25, -0.2) is 9.97 Å². The summed E-state index contributed by atoms with van der Waals surface area (Å²) in [7, 11) is 3.94. The fraction of sp³-hybridized carbons (Fsp3) is 0.333. The number of aromatic nitrogens is 4. The molecule has 0 bridgehead atoms. The standard InChI is InChI=1S/C9H12N4/c1-7-4-10-9(13(7)3)8-5-12(2)6-11-8/h4-6H,1-3H3. The summed E-state index contributed by atoms with van der Waals surface area (Å²) in [6.45, 7) is 2.03. The van der Waals surface area contributed by atoms with E-state index in [1.807, 2.05) is 42.5 Å². The third kappa shape index (κ3) is 1.24. The van der Waals surface area contributed by atoms with Crippen LogP contribution < -0.4 is 0 Å². The first kappa shape index (κ1) is 8.04. The van der Waals surface area contributed by atoms with Gasteiger partial charge in [0.05, 0.1) is 6.33 Å². The van der Waals surface area contributed by atoms with Gasteiger partial charge in [0, 0.05) is 32.2 Å². The first-order valence-electron chi connectivity index (χ1n) is 4.15. The molecular weight excluding hydrogens is 164 g/mol. The van der Waals surface area contributed by atoms with Gasteiger partial charge in [-0.1, -0.05) is 0 Å². The Balaban J connectivity index is 2.52. The minimum Gasteiger partial charge on any atom is -0.340 e. The molecule has 0 unspecified atom stereocenters. The number of hydrogen-bond donors (Lipinski definition) is 0. The average Bonchev–Trinajstić information content (AvgIpc) is 2.62. The molecule has 0 atom stereocenters. The smallest absolute Gasteiger partial charge is 0.160 e. The number of aryl methyl sites for hydroxylation is 2. The maximum absolute atomic E-state index is 4.29. The second kappa shape index (κ2) is 2.73. The van der Waals surface area contributed by atoms with Crippen LogP contribution in [0.25, 0.3) is 11.5 Å². The van der Waals surface area contributed by atoms with Crippen molar-refractivity contribution in [3.8, 4) is 11.5 Å². The first-order valence-corrected chi connectivity index (χ1v) is 4.15. The van der Waals surface area contributed by atoms with Gasteiger partial charge in [-0.05, 0) is 6.92 Å². The van der Waals surface area contributed by atoms with Crippen LogP contribution in [0.15, 0.2) is 18.7 Å². The fourth-order valence-electron chi connectivity index (χ4n) is 1.26. The van der Waals surface area contributed by atoms with Gasteiger partial charge >= 0.3 is 0 Å². The van der Waals surface area contributed by atoms with Crippen molar-refractivity contribution in [1.29, 1.82) is 0 Å². The lowest BCUT2D eigenvalue weighted by Gasteiger charge is -1.98. The zero-order chi connectivity index (χ0) is 9.42. The molecule has 2 aromatic heterocycles. The van der Waals surface area contributed by atoms with Crippen LogP contribution in [-0.2, 0) is 14.1 Å². The molecule has 0 aliphatic heterocycles. The van der Waals surface area contributed by atoms with E-state index in [1.165, 1.54) is 0 Å². The number of nitrogens with zero attached hydrogens (tertiary/aromatic N) is 4. The van der Waals surface area contributed by atoms with Crippen molar-refractivity contribution in [1.82, 2.24) is 19.1 Å². The highest BCUT2D eigenvalue weighted by Gasteiger charge is 2.07. The summed E-state index contributed by atoms with van der Waals surface area (Å²) in [5.74, 6) is 0.915. The SMILES string of the molecule is Cc1cnc(-c2cn(C)cn2)n1C. The lowest BCUT2D eigenvalue weighted by Crippen LogP contribution is -1.94. The van der Waals surface area contributed by atoms with Crippen molar-refractivity contribution in [3.05, 3.63) is 24.4 Å². The predicted octanol–water partition coefficient (Wildman–Crippen LogP) is 1.13. The van der Waals surface area contributed by atoms with Gasteiger partial charge in [-0.3, -0.25) is 0 Å². The van der Waals surface area contributed by atoms with E-state index >= 15 is 0 Å². The summed E-state index contributed by atoms with van der Waals surface area (Å²) in [6.07, 6.45) is 5.59. The van der Waals surface area contributed by atoms with Crippen LogP contribution >= 0.6 is 0 Å². The van der Waals surface area contributed by atoms with Crippen LogP contribution in [-0.4, -0.2) is 19.1 Å². The van der Waals surface area contributed by atoms with Crippen LogP contribution in [0.1, 0.15) is 5.69 Å². The van der Waals surface area contributed by atoms with Gasteiger partial charge in [-0.15, -0.1) is 0 Å². The highest BCUT2D eigenvalue weighted by Crippen LogP contribution is 2.14. The zero-order valence-corrected chi connectivity index (χ0v) is 8.02. The van der Waals surface area contributed by atoms with Crippen LogP contribution in [0.5, 0.6) is 0 Å². The summed E-state index contributed by atoms with van der Waals surface area (Å²) in [5, 5.41) is 0. The van der Waals surface area contributed by atoms with E-state index in [9.17, 15) is 0 Å². The molecule has 2 aromatic rings. The van der Waals surface area contributed by atoms with Crippen molar-refractivity contribution in [2.75, 3.05) is 0 Å². The molecule has 0 amide bonds. The summed E-state index contributed by atoms with van der Waals surface area (Å²) in [6, 6.07) is 0. The maximum atomic E-state index is 4.29. The molecule has 0 aliphatic carbocycles. The summed E-state index contributed by atoms with van der Waals surface area (Å²) < 4.78 is 3.95. The topological polar surface area (TPSA) is 35.6 Å². The minimum atomic E-state index is 0.915. The Kier molecular flexibility index (Phi) is 1.69. The molecule has 0 spiro atoms. The highest BCUT2D eigenvalue weighted by molar-refractivity contribution is 5.48. The Labute approximate surface area is 76.9 Å². The molecule has 2 rings (SSSR count). The number of rotatable bonds is 1. The molecule has 4 nitrogen and oxygen atoms in total. The third-order valence-electron chi connectivity index (χ3n) is 2.15. The van der Waals surface area contributed by atoms with Crippen LogP contribution in [0, 0.1) is 6.92 Å². The summed E-state index contributed by atoms with van der Waals surface area (Å²) >= 11 is 0. The van der Waals surface area contributed by atoms with Gasteiger partial charge < -0.3 is 9.13 Å². The molecule has 68 valence electrons. The molecule has 0 radical (unpaired) electrons. The Hall–Kier alpha value is -1.58. The quantitative estimate of drug-likeness (QED) is 0.653. The lowest BCUT2D eigenvalue weighted by atomic mass is 10.4. The predicted molar refractivity (Wildman–Crippen MR) is 50.1 cm³/mol. The molecule has 0 aliphatic rings. The second-order valence-electron chi connectivity index (χ2n) is 3.21. The molecule has 0 saturated carbocycles. The van der Waals surface area contributed by atoms with Crippen molar-refractivity contribution in [2.24, 2.45) is 14.1 Å². The number of imidazole rings is 2. The Morgan fingerprint density at radius 3 is 2.46 bits per heavy atom. The third-order valence-corrected chi connectivity index (χ3v) is 2.15. The van der Waals surface area contributed by atoms with E-state index in [-0.39, 0.29) is 0 Å². The van der Waals surface area contributed by atoms with E-state index in [4.69, 9.17) is 0 Å².